The average Bonchev–Trinajstić information content (AvgIpc) is 2.73. The number of halogens is 1. The highest BCUT2D eigenvalue weighted by atomic mass is 79.9. The Balaban J connectivity index is 1.76. The molecular formula is C26H28BrNO3. The molecule has 0 fully saturated rings. The van der Waals surface area contributed by atoms with Gasteiger partial charge in [-0.3, -0.25) is 4.79 Å². The van der Waals surface area contributed by atoms with Gasteiger partial charge in [0.1, 0.15) is 18.1 Å². The molecule has 1 amide bonds. The summed E-state index contributed by atoms with van der Waals surface area (Å²) < 4.78 is 12.6. The number of carbonyl (C=O) groups is 1. The van der Waals surface area contributed by atoms with Crippen molar-refractivity contribution in [3.63, 3.8) is 0 Å². The zero-order valence-electron chi connectivity index (χ0n) is 18.4. The standard InChI is InChI=1S/C26H28BrNO3/c1-5-30-24-14-9-18(25(29)28-22-8-6-7-21(27)16-22)15-19(24)17-31-23-12-10-20(11-13-23)26(2,3)4/h6-16H,5,17H2,1-4H3,(H,28,29). The Morgan fingerprint density at radius 2 is 1.71 bits per heavy atom. The van der Waals surface area contributed by atoms with Crippen LogP contribution in [0.5, 0.6) is 11.5 Å². The van der Waals surface area contributed by atoms with Crippen molar-refractivity contribution in [1.82, 2.24) is 0 Å². The van der Waals surface area contributed by atoms with Crippen LogP contribution in [-0.2, 0) is 12.0 Å². The van der Waals surface area contributed by atoms with Crippen LogP contribution in [0.4, 0.5) is 5.69 Å². The topological polar surface area (TPSA) is 47.6 Å². The minimum Gasteiger partial charge on any atom is -0.493 e. The lowest BCUT2D eigenvalue weighted by molar-refractivity contribution is 0.102. The fraction of sp³-hybridized carbons (Fsp3) is 0.269. The molecule has 0 aliphatic carbocycles. The molecule has 0 aromatic heterocycles. The summed E-state index contributed by atoms with van der Waals surface area (Å²) in [6.07, 6.45) is 0. The maximum absolute atomic E-state index is 12.7. The number of hydrogen-bond donors (Lipinski definition) is 1. The second-order valence-electron chi connectivity index (χ2n) is 8.28. The molecule has 3 aromatic rings. The largest absolute Gasteiger partial charge is 0.493 e. The molecule has 0 spiro atoms. The monoisotopic (exact) mass is 481 g/mol. The summed E-state index contributed by atoms with van der Waals surface area (Å²) in [6, 6.07) is 21.0. The quantitative estimate of drug-likeness (QED) is 0.395. The summed E-state index contributed by atoms with van der Waals surface area (Å²) in [5.74, 6) is 1.31. The lowest BCUT2D eigenvalue weighted by Gasteiger charge is -2.19. The van der Waals surface area contributed by atoms with E-state index < -0.39 is 0 Å². The van der Waals surface area contributed by atoms with E-state index in [0.29, 0.717) is 24.5 Å². The molecule has 4 nitrogen and oxygen atoms in total. The molecule has 0 bridgehead atoms. The van der Waals surface area contributed by atoms with Gasteiger partial charge >= 0.3 is 0 Å². The molecule has 3 rings (SSSR count). The summed E-state index contributed by atoms with van der Waals surface area (Å²) in [4.78, 5) is 12.7. The van der Waals surface area contributed by atoms with Crippen LogP contribution in [0.15, 0.2) is 71.2 Å². The van der Waals surface area contributed by atoms with E-state index in [0.717, 1.165) is 21.5 Å². The van der Waals surface area contributed by atoms with E-state index in [2.05, 4.69) is 54.2 Å². The van der Waals surface area contributed by atoms with Gasteiger partial charge in [-0.25, -0.2) is 0 Å². The van der Waals surface area contributed by atoms with Crippen LogP contribution in [0.2, 0.25) is 0 Å². The number of anilines is 1. The van der Waals surface area contributed by atoms with E-state index in [4.69, 9.17) is 9.47 Å². The van der Waals surface area contributed by atoms with Crippen molar-refractivity contribution in [1.29, 1.82) is 0 Å². The van der Waals surface area contributed by atoms with Crippen LogP contribution in [0.1, 0.15) is 49.2 Å². The van der Waals surface area contributed by atoms with Gasteiger partial charge < -0.3 is 14.8 Å². The number of carbonyl (C=O) groups excluding carboxylic acids is 1. The van der Waals surface area contributed by atoms with Gasteiger partial charge in [-0.2, -0.15) is 0 Å². The minimum absolute atomic E-state index is 0.0939. The lowest BCUT2D eigenvalue weighted by atomic mass is 9.87. The summed E-state index contributed by atoms with van der Waals surface area (Å²) in [7, 11) is 0. The minimum atomic E-state index is -0.183. The Hall–Kier alpha value is -2.79. The molecule has 1 N–H and O–H groups in total. The van der Waals surface area contributed by atoms with Gasteiger partial charge in [-0.1, -0.05) is 54.9 Å². The molecule has 0 aliphatic heterocycles. The summed E-state index contributed by atoms with van der Waals surface area (Å²) in [5.41, 5.74) is 3.44. The van der Waals surface area contributed by atoms with Gasteiger partial charge in [0.15, 0.2) is 0 Å². The summed E-state index contributed by atoms with van der Waals surface area (Å²) in [5, 5.41) is 2.92. The van der Waals surface area contributed by atoms with E-state index in [1.54, 1.807) is 6.07 Å². The number of nitrogens with one attached hydrogen (secondary N) is 1. The SMILES string of the molecule is CCOc1ccc(C(=O)Nc2cccc(Br)c2)cc1COc1ccc(C(C)(C)C)cc1. The Morgan fingerprint density at radius 1 is 0.968 bits per heavy atom. The molecule has 0 heterocycles. The molecule has 3 aromatic carbocycles. The van der Waals surface area contributed by atoms with Crippen LogP contribution in [0.25, 0.3) is 0 Å². The number of benzene rings is 3. The highest BCUT2D eigenvalue weighted by Crippen LogP contribution is 2.27. The first-order chi connectivity index (χ1) is 14.8. The highest BCUT2D eigenvalue weighted by Gasteiger charge is 2.14. The van der Waals surface area contributed by atoms with Crippen LogP contribution < -0.4 is 14.8 Å². The molecule has 0 radical (unpaired) electrons. The predicted octanol–water partition coefficient (Wildman–Crippen LogP) is 6.98. The van der Waals surface area contributed by atoms with E-state index in [1.165, 1.54) is 5.56 Å². The van der Waals surface area contributed by atoms with Crippen LogP contribution in [0.3, 0.4) is 0 Å². The second-order valence-corrected chi connectivity index (χ2v) is 9.20. The molecule has 0 aliphatic rings. The fourth-order valence-corrected chi connectivity index (χ4v) is 3.51. The van der Waals surface area contributed by atoms with Crippen LogP contribution in [-0.4, -0.2) is 12.5 Å². The third kappa shape index (κ3) is 6.34. The molecule has 0 saturated heterocycles. The number of rotatable bonds is 7. The van der Waals surface area contributed by atoms with E-state index >= 15 is 0 Å². The van der Waals surface area contributed by atoms with E-state index in [-0.39, 0.29) is 11.3 Å². The predicted molar refractivity (Wildman–Crippen MR) is 129 cm³/mol. The molecule has 0 atom stereocenters. The maximum atomic E-state index is 12.7. The van der Waals surface area contributed by atoms with Crippen molar-refractivity contribution in [2.45, 2.75) is 39.7 Å². The van der Waals surface area contributed by atoms with Crippen molar-refractivity contribution >= 4 is 27.5 Å². The lowest BCUT2D eigenvalue weighted by Crippen LogP contribution is -2.13. The maximum Gasteiger partial charge on any atom is 0.255 e. The first-order valence-corrected chi connectivity index (χ1v) is 11.1. The van der Waals surface area contributed by atoms with Gasteiger partial charge in [0.25, 0.3) is 5.91 Å². The van der Waals surface area contributed by atoms with Crippen LogP contribution >= 0.6 is 15.9 Å². The third-order valence-electron chi connectivity index (χ3n) is 4.82. The van der Waals surface area contributed by atoms with Gasteiger partial charge in [0, 0.05) is 21.3 Å². The van der Waals surface area contributed by atoms with E-state index in [9.17, 15) is 4.79 Å². The Kier molecular flexibility index (Phi) is 7.39. The van der Waals surface area contributed by atoms with Gasteiger partial charge in [-0.15, -0.1) is 0 Å². The zero-order chi connectivity index (χ0) is 22.4. The number of hydrogen-bond acceptors (Lipinski definition) is 3. The second kappa shape index (κ2) is 10.0. The van der Waals surface area contributed by atoms with Crippen molar-refractivity contribution in [2.75, 3.05) is 11.9 Å². The highest BCUT2D eigenvalue weighted by molar-refractivity contribution is 9.10. The summed E-state index contributed by atoms with van der Waals surface area (Å²) >= 11 is 3.42. The number of amides is 1. The van der Waals surface area contributed by atoms with Gasteiger partial charge in [0.05, 0.1) is 6.61 Å². The molecule has 162 valence electrons. The van der Waals surface area contributed by atoms with Gasteiger partial charge in [-0.05, 0) is 66.4 Å². The molecule has 0 saturated carbocycles. The molecular weight excluding hydrogens is 454 g/mol. The van der Waals surface area contributed by atoms with Crippen molar-refractivity contribution in [2.24, 2.45) is 0 Å². The summed E-state index contributed by atoms with van der Waals surface area (Å²) in [6.45, 7) is 9.33. The van der Waals surface area contributed by atoms with Gasteiger partial charge in [0.2, 0.25) is 0 Å². The third-order valence-corrected chi connectivity index (χ3v) is 5.31. The van der Waals surface area contributed by atoms with E-state index in [1.807, 2.05) is 55.5 Å². The zero-order valence-corrected chi connectivity index (χ0v) is 20.0. The fourth-order valence-electron chi connectivity index (χ4n) is 3.11. The molecule has 5 heteroatoms. The number of ether oxygens (including phenoxy) is 2. The molecule has 0 unspecified atom stereocenters. The Bertz CT molecular complexity index is 1040. The smallest absolute Gasteiger partial charge is 0.255 e. The van der Waals surface area contributed by atoms with Crippen LogP contribution in [0, 0.1) is 0 Å². The normalized spacial score (nSPS) is 11.1. The molecule has 31 heavy (non-hydrogen) atoms. The first kappa shape index (κ1) is 22.9. The van der Waals surface area contributed by atoms with Crippen molar-refractivity contribution in [3.05, 3.63) is 87.9 Å². The average molecular weight is 482 g/mol. The Morgan fingerprint density at radius 3 is 2.35 bits per heavy atom. The van der Waals surface area contributed by atoms with Crippen molar-refractivity contribution in [3.8, 4) is 11.5 Å². The first-order valence-electron chi connectivity index (χ1n) is 10.3. The van der Waals surface area contributed by atoms with Crippen molar-refractivity contribution < 1.29 is 14.3 Å². The Labute approximate surface area is 192 Å².